The second-order valence-electron chi connectivity index (χ2n) is 8.09. The van der Waals surface area contributed by atoms with E-state index in [-0.39, 0.29) is 17.7 Å². The molecule has 1 atom stereocenters. The van der Waals surface area contributed by atoms with E-state index < -0.39 is 0 Å². The van der Waals surface area contributed by atoms with E-state index in [2.05, 4.69) is 23.2 Å². The molecule has 1 aromatic carbocycles. The lowest BCUT2D eigenvalue weighted by Crippen LogP contribution is -2.40. The third-order valence-electron chi connectivity index (χ3n) is 6.21. The van der Waals surface area contributed by atoms with E-state index in [4.69, 9.17) is 12.2 Å². The molecule has 1 saturated heterocycles. The number of hydrogen-bond acceptors (Lipinski definition) is 4. The highest BCUT2D eigenvalue weighted by Crippen LogP contribution is 2.29. The fourth-order valence-corrected chi connectivity index (χ4v) is 4.92. The average molecular weight is 428 g/mol. The molecule has 1 aromatic heterocycles. The zero-order valence-electron chi connectivity index (χ0n) is 17.5. The largest absolute Gasteiger partial charge is 0.342 e. The summed E-state index contributed by atoms with van der Waals surface area (Å²) in [5.74, 6) is 1.48. The molecule has 0 aliphatic carbocycles. The third kappa shape index (κ3) is 4.19. The smallest absolute Gasteiger partial charge is 0.227 e. The number of anilines is 1. The van der Waals surface area contributed by atoms with Gasteiger partial charge < -0.3 is 14.4 Å². The molecule has 0 saturated carbocycles. The van der Waals surface area contributed by atoms with Crippen LogP contribution < -0.4 is 4.90 Å². The fraction of sp³-hybridized carbons (Fsp3) is 0.545. The first-order valence-electron chi connectivity index (χ1n) is 10.9. The predicted molar refractivity (Wildman–Crippen MR) is 118 cm³/mol. The maximum Gasteiger partial charge on any atom is 0.227 e. The SMILES string of the molecule is CCn1c(C2CCCN(C(=O)CCCN3C(=O)CCc4ccccc43)C2)n[nH]c1=S. The minimum atomic E-state index is 0.154. The van der Waals surface area contributed by atoms with Crippen molar-refractivity contribution < 1.29 is 9.59 Å². The predicted octanol–water partition coefficient (Wildman–Crippen LogP) is 3.43. The van der Waals surface area contributed by atoms with Crippen molar-refractivity contribution in [3.8, 4) is 0 Å². The lowest BCUT2D eigenvalue weighted by atomic mass is 9.96. The summed E-state index contributed by atoms with van der Waals surface area (Å²) in [4.78, 5) is 29.1. The number of nitrogens with one attached hydrogen (secondary N) is 1. The Kier molecular flexibility index (Phi) is 6.32. The van der Waals surface area contributed by atoms with Crippen LogP contribution in [-0.2, 0) is 22.6 Å². The van der Waals surface area contributed by atoms with Crippen molar-refractivity contribution in [1.29, 1.82) is 0 Å². The maximum absolute atomic E-state index is 12.9. The number of aromatic nitrogens is 3. The first-order valence-corrected chi connectivity index (χ1v) is 11.3. The quantitative estimate of drug-likeness (QED) is 0.717. The monoisotopic (exact) mass is 427 g/mol. The summed E-state index contributed by atoms with van der Waals surface area (Å²) in [6, 6.07) is 8.07. The molecule has 2 aliphatic heterocycles. The van der Waals surface area contributed by atoms with Crippen molar-refractivity contribution in [2.45, 2.75) is 57.9 Å². The molecule has 2 aromatic rings. The Labute approximate surface area is 182 Å². The summed E-state index contributed by atoms with van der Waals surface area (Å²) in [5, 5.41) is 7.31. The Morgan fingerprint density at radius 3 is 2.97 bits per heavy atom. The Morgan fingerprint density at radius 1 is 1.30 bits per heavy atom. The molecule has 0 bridgehead atoms. The molecule has 1 unspecified atom stereocenters. The second kappa shape index (κ2) is 9.12. The molecule has 7 nitrogen and oxygen atoms in total. The lowest BCUT2D eigenvalue weighted by Gasteiger charge is -2.33. The minimum Gasteiger partial charge on any atom is -0.342 e. The van der Waals surface area contributed by atoms with Crippen LogP contribution in [0.1, 0.15) is 56.3 Å². The van der Waals surface area contributed by atoms with Crippen molar-refractivity contribution in [1.82, 2.24) is 19.7 Å². The number of likely N-dealkylation sites (tertiary alicyclic amines) is 1. The standard InChI is InChI=1S/C22H29N5O2S/c1-2-26-21(23-24-22(26)30)17-8-5-13-25(15-17)19(28)10-6-14-27-18-9-4-3-7-16(18)11-12-20(27)29/h3-4,7,9,17H,2,5-6,8,10-15H2,1H3,(H,24,30). The molecule has 2 aliphatic rings. The number of aromatic amines is 1. The first kappa shape index (κ1) is 20.8. The Balaban J connectivity index is 1.34. The molecule has 0 radical (unpaired) electrons. The number of fused-ring (bicyclic) bond motifs is 1. The number of nitrogens with zero attached hydrogens (tertiary/aromatic N) is 4. The van der Waals surface area contributed by atoms with Gasteiger partial charge in [0.1, 0.15) is 5.82 Å². The topological polar surface area (TPSA) is 74.2 Å². The zero-order chi connectivity index (χ0) is 21.1. The molecule has 1 N–H and O–H groups in total. The number of amides is 2. The number of carbonyl (C=O) groups excluding carboxylic acids is 2. The van der Waals surface area contributed by atoms with Gasteiger partial charge in [-0.05, 0) is 56.5 Å². The van der Waals surface area contributed by atoms with E-state index >= 15 is 0 Å². The number of benzene rings is 1. The lowest BCUT2D eigenvalue weighted by molar-refractivity contribution is -0.132. The van der Waals surface area contributed by atoms with Crippen LogP contribution in [0, 0.1) is 4.77 Å². The van der Waals surface area contributed by atoms with Crippen LogP contribution in [0.25, 0.3) is 0 Å². The maximum atomic E-state index is 12.9. The molecular formula is C22H29N5O2S. The van der Waals surface area contributed by atoms with Gasteiger partial charge in [-0.15, -0.1) is 0 Å². The van der Waals surface area contributed by atoms with Crippen LogP contribution in [0.4, 0.5) is 5.69 Å². The van der Waals surface area contributed by atoms with Gasteiger partial charge in [0.25, 0.3) is 0 Å². The van der Waals surface area contributed by atoms with E-state index in [9.17, 15) is 9.59 Å². The van der Waals surface area contributed by atoms with Gasteiger partial charge >= 0.3 is 0 Å². The molecular weight excluding hydrogens is 398 g/mol. The highest BCUT2D eigenvalue weighted by atomic mass is 32.1. The molecule has 0 spiro atoms. The van der Waals surface area contributed by atoms with E-state index in [0.29, 0.717) is 37.1 Å². The number of carbonyl (C=O) groups is 2. The van der Waals surface area contributed by atoms with Gasteiger partial charge in [0.05, 0.1) is 0 Å². The number of piperidine rings is 1. The van der Waals surface area contributed by atoms with Crippen molar-refractivity contribution in [3.05, 3.63) is 40.4 Å². The van der Waals surface area contributed by atoms with Crippen molar-refractivity contribution in [3.63, 3.8) is 0 Å². The Morgan fingerprint density at radius 2 is 2.13 bits per heavy atom. The number of hydrogen-bond donors (Lipinski definition) is 1. The van der Waals surface area contributed by atoms with E-state index in [1.165, 1.54) is 5.56 Å². The molecule has 160 valence electrons. The van der Waals surface area contributed by atoms with Crippen molar-refractivity contribution in [2.75, 3.05) is 24.5 Å². The molecule has 4 rings (SSSR count). The van der Waals surface area contributed by atoms with Gasteiger partial charge in [-0.1, -0.05) is 18.2 Å². The minimum absolute atomic E-state index is 0.154. The summed E-state index contributed by atoms with van der Waals surface area (Å²) in [7, 11) is 0. The van der Waals surface area contributed by atoms with Crippen LogP contribution in [0.5, 0.6) is 0 Å². The molecule has 3 heterocycles. The first-order chi connectivity index (χ1) is 14.6. The number of para-hydroxylation sites is 1. The highest BCUT2D eigenvalue weighted by Gasteiger charge is 2.28. The second-order valence-corrected chi connectivity index (χ2v) is 8.47. The fourth-order valence-electron chi connectivity index (χ4n) is 4.65. The van der Waals surface area contributed by atoms with Gasteiger partial charge in [-0.3, -0.25) is 14.7 Å². The average Bonchev–Trinajstić information content (AvgIpc) is 3.15. The summed E-state index contributed by atoms with van der Waals surface area (Å²) < 4.78 is 2.66. The number of aryl methyl sites for hydroxylation is 1. The highest BCUT2D eigenvalue weighted by molar-refractivity contribution is 7.71. The van der Waals surface area contributed by atoms with Crippen LogP contribution in [-0.4, -0.2) is 51.1 Å². The third-order valence-corrected chi connectivity index (χ3v) is 6.52. The molecule has 1 fully saturated rings. The van der Waals surface area contributed by atoms with Crippen LogP contribution in [0.3, 0.4) is 0 Å². The molecule has 2 amide bonds. The van der Waals surface area contributed by atoms with E-state index in [1.54, 1.807) is 0 Å². The van der Waals surface area contributed by atoms with Gasteiger partial charge in [-0.25, -0.2) is 0 Å². The van der Waals surface area contributed by atoms with Crippen molar-refractivity contribution in [2.24, 2.45) is 0 Å². The summed E-state index contributed by atoms with van der Waals surface area (Å²) in [6.45, 7) is 4.90. The Bertz CT molecular complexity index is 982. The number of H-pyrrole nitrogens is 1. The summed E-state index contributed by atoms with van der Waals surface area (Å²) >= 11 is 5.31. The Hall–Kier alpha value is -2.48. The van der Waals surface area contributed by atoms with Crippen LogP contribution in [0.2, 0.25) is 0 Å². The van der Waals surface area contributed by atoms with E-state index in [1.807, 2.05) is 32.6 Å². The van der Waals surface area contributed by atoms with Crippen LogP contribution in [0.15, 0.2) is 24.3 Å². The summed E-state index contributed by atoms with van der Waals surface area (Å²) in [5.41, 5.74) is 2.22. The normalized spacial score (nSPS) is 19.1. The zero-order valence-corrected chi connectivity index (χ0v) is 18.3. The van der Waals surface area contributed by atoms with Gasteiger partial charge in [0, 0.05) is 50.6 Å². The van der Waals surface area contributed by atoms with Gasteiger partial charge in [0.2, 0.25) is 11.8 Å². The van der Waals surface area contributed by atoms with E-state index in [0.717, 1.165) is 43.9 Å². The molecule has 8 heteroatoms. The van der Waals surface area contributed by atoms with Gasteiger partial charge in [0.15, 0.2) is 4.77 Å². The summed E-state index contributed by atoms with van der Waals surface area (Å²) in [6.07, 6.45) is 4.47. The van der Waals surface area contributed by atoms with Crippen molar-refractivity contribution >= 4 is 29.7 Å². The van der Waals surface area contributed by atoms with Crippen LogP contribution >= 0.6 is 12.2 Å². The number of rotatable bonds is 6. The molecule has 30 heavy (non-hydrogen) atoms. The van der Waals surface area contributed by atoms with Gasteiger partial charge in [-0.2, -0.15) is 5.10 Å².